The van der Waals surface area contributed by atoms with Crippen LogP contribution < -0.4 is 16.0 Å². The lowest BCUT2D eigenvalue weighted by Crippen LogP contribution is -2.64. The summed E-state index contributed by atoms with van der Waals surface area (Å²) >= 11 is 0. The molecular weight excluding hydrogens is 362 g/mol. The van der Waals surface area contributed by atoms with Crippen LogP contribution in [0.1, 0.15) is 26.7 Å². The molecule has 3 N–H and O–H groups in total. The third kappa shape index (κ3) is 5.07. The van der Waals surface area contributed by atoms with E-state index in [-0.39, 0.29) is 37.6 Å². The van der Waals surface area contributed by atoms with Gasteiger partial charge >= 0.3 is 6.03 Å². The quantitative estimate of drug-likeness (QED) is 0.536. The van der Waals surface area contributed by atoms with Crippen LogP contribution in [0.25, 0.3) is 0 Å². The molecule has 0 bridgehead atoms. The summed E-state index contributed by atoms with van der Waals surface area (Å²) in [6.07, 6.45) is 2.27. The molecular formula is C15H27N5O5S. The molecule has 0 aromatic heterocycles. The van der Waals surface area contributed by atoms with Crippen molar-refractivity contribution in [1.29, 1.82) is 0 Å². The predicted molar refractivity (Wildman–Crippen MR) is 94.8 cm³/mol. The van der Waals surface area contributed by atoms with E-state index in [1.54, 1.807) is 0 Å². The average molecular weight is 389 g/mol. The first kappa shape index (κ1) is 20.4. The van der Waals surface area contributed by atoms with E-state index < -0.39 is 28.0 Å². The molecule has 0 aromatic rings. The molecule has 11 heteroatoms. The van der Waals surface area contributed by atoms with Gasteiger partial charge in [-0.15, -0.1) is 0 Å². The SMILES string of the molecule is CC(C)NC(=O)N1CCN(S(C)(=O)=O)[C@H](C(=O)N[C@H]2CCCNC2=O)C1. The summed E-state index contributed by atoms with van der Waals surface area (Å²) < 4.78 is 25.2. The van der Waals surface area contributed by atoms with Crippen LogP contribution in [0.2, 0.25) is 0 Å². The lowest BCUT2D eigenvalue weighted by molar-refractivity contribution is -0.132. The number of urea groups is 1. The number of nitrogens with one attached hydrogen (secondary N) is 3. The first-order chi connectivity index (χ1) is 12.1. The van der Waals surface area contributed by atoms with Crippen molar-refractivity contribution in [1.82, 2.24) is 25.2 Å². The molecule has 2 aliphatic rings. The van der Waals surface area contributed by atoms with Gasteiger partial charge in [-0.05, 0) is 26.7 Å². The standard InChI is InChI=1S/C15H27N5O5S/c1-10(2)17-15(23)19-7-8-20(26(3,24)25)12(9-19)14(22)18-11-5-4-6-16-13(11)21/h10-12H,4-9H2,1-3H3,(H,16,21)(H,17,23)(H,18,22)/t11-,12-/m0/s1. The van der Waals surface area contributed by atoms with Gasteiger partial charge in [-0.25, -0.2) is 13.2 Å². The third-order valence-corrected chi connectivity index (χ3v) is 5.65. The molecule has 0 aliphatic carbocycles. The zero-order valence-corrected chi connectivity index (χ0v) is 16.1. The molecule has 2 atom stereocenters. The first-order valence-electron chi connectivity index (χ1n) is 8.70. The smallest absolute Gasteiger partial charge is 0.317 e. The van der Waals surface area contributed by atoms with E-state index in [2.05, 4.69) is 16.0 Å². The second-order valence-corrected chi connectivity index (χ2v) is 8.87. The number of hydrogen-bond donors (Lipinski definition) is 3. The number of amides is 4. The molecule has 0 spiro atoms. The van der Waals surface area contributed by atoms with Crippen LogP contribution in [0.4, 0.5) is 4.79 Å². The molecule has 0 saturated carbocycles. The van der Waals surface area contributed by atoms with E-state index >= 15 is 0 Å². The molecule has 0 aromatic carbocycles. The summed E-state index contributed by atoms with van der Waals surface area (Å²) in [5.41, 5.74) is 0. The minimum atomic E-state index is -3.63. The van der Waals surface area contributed by atoms with E-state index in [1.807, 2.05) is 13.8 Å². The Balaban J connectivity index is 2.13. The summed E-state index contributed by atoms with van der Waals surface area (Å²) in [7, 11) is -3.63. The second kappa shape index (κ2) is 8.21. The Kier molecular flexibility index (Phi) is 6.45. The third-order valence-electron chi connectivity index (χ3n) is 4.36. The van der Waals surface area contributed by atoms with Gasteiger partial charge in [0.25, 0.3) is 0 Å². The van der Waals surface area contributed by atoms with Crippen molar-refractivity contribution in [2.24, 2.45) is 0 Å². The molecule has 26 heavy (non-hydrogen) atoms. The van der Waals surface area contributed by atoms with Gasteiger partial charge in [-0.3, -0.25) is 9.59 Å². The lowest BCUT2D eigenvalue weighted by Gasteiger charge is -2.39. The minimum Gasteiger partial charge on any atom is -0.354 e. The summed E-state index contributed by atoms with van der Waals surface area (Å²) in [6, 6.07) is -2.17. The van der Waals surface area contributed by atoms with Crippen LogP contribution in [-0.4, -0.2) is 86.0 Å². The van der Waals surface area contributed by atoms with Gasteiger partial charge in [0.15, 0.2) is 0 Å². The lowest BCUT2D eigenvalue weighted by atomic mass is 10.1. The monoisotopic (exact) mass is 389 g/mol. The van der Waals surface area contributed by atoms with E-state index in [4.69, 9.17) is 0 Å². The highest BCUT2D eigenvalue weighted by Gasteiger charge is 2.40. The first-order valence-corrected chi connectivity index (χ1v) is 10.5. The van der Waals surface area contributed by atoms with Gasteiger partial charge in [0, 0.05) is 32.2 Å². The van der Waals surface area contributed by atoms with Gasteiger partial charge in [0.1, 0.15) is 12.1 Å². The topological polar surface area (TPSA) is 128 Å². The Labute approximate surface area is 153 Å². The number of hydrogen-bond acceptors (Lipinski definition) is 5. The predicted octanol–water partition coefficient (Wildman–Crippen LogP) is -1.55. The summed E-state index contributed by atoms with van der Waals surface area (Å²) in [5.74, 6) is -0.847. The Morgan fingerprint density at radius 2 is 1.96 bits per heavy atom. The molecule has 148 valence electrons. The van der Waals surface area contributed by atoms with Gasteiger partial charge in [0.2, 0.25) is 21.8 Å². The number of piperidine rings is 1. The summed E-state index contributed by atoms with van der Waals surface area (Å²) in [6.45, 7) is 4.35. The van der Waals surface area contributed by atoms with E-state index in [1.165, 1.54) is 4.90 Å². The molecule has 0 radical (unpaired) electrons. The van der Waals surface area contributed by atoms with Crippen LogP contribution in [0.5, 0.6) is 0 Å². The van der Waals surface area contributed by atoms with Crippen molar-refractivity contribution >= 4 is 27.9 Å². The maximum Gasteiger partial charge on any atom is 0.317 e. The van der Waals surface area contributed by atoms with E-state index in [0.29, 0.717) is 13.0 Å². The normalized spacial score (nSPS) is 24.9. The van der Waals surface area contributed by atoms with Crippen molar-refractivity contribution in [2.75, 3.05) is 32.4 Å². The van der Waals surface area contributed by atoms with Crippen LogP contribution >= 0.6 is 0 Å². The van der Waals surface area contributed by atoms with Crippen molar-refractivity contribution in [3.8, 4) is 0 Å². The Bertz CT molecular complexity index is 665. The highest BCUT2D eigenvalue weighted by Crippen LogP contribution is 2.15. The van der Waals surface area contributed by atoms with Gasteiger partial charge < -0.3 is 20.9 Å². The van der Waals surface area contributed by atoms with Crippen molar-refractivity contribution in [3.63, 3.8) is 0 Å². The number of sulfonamides is 1. The summed E-state index contributed by atoms with van der Waals surface area (Å²) in [5, 5.41) is 8.03. The fourth-order valence-electron chi connectivity index (χ4n) is 3.08. The molecule has 2 heterocycles. The number of nitrogens with zero attached hydrogens (tertiary/aromatic N) is 2. The Morgan fingerprint density at radius 1 is 1.27 bits per heavy atom. The van der Waals surface area contributed by atoms with Crippen molar-refractivity contribution in [2.45, 2.75) is 44.8 Å². The number of rotatable bonds is 4. The van der Waals surface area contributed by atoms with Crippen molar-refractivity contribution in [3.05, 3.63) is 0 Å². The van der Waals surface area contributed by atoms with Crippen molar-refractivity contribution < 1.29 is 22.8 Å². The maximum absolute atomic E-state index is 12.7. The molecule has 2 rings (SSSR count). The van der Waals surface area contributed by atoms with Gasteiger partial charge in [-0.1, -0.05) is 0 Å². The molecule has 10 nitrogen and oxygen atoms in total. The molecule has 2 aliphatic heterocycles. The van der Waals surface area contributed by atoms with Crippen LogP contribution in [0.15, 0.2) is 0 Å². The van der Waals surface area contributed by atoms with Gasteiger partial charge in [-0.2, -0.15) is 4.31 Å². The highest BCUT2D eigenvalue weighted by atomic mass is 32.2. The summed E-state index contributed by atoms with van der Waals surface area (Å²) in [4.78, 5) is 38.2. The number of piperazine rings is 1. The number of carbonyl (C=O) groups is 3. The van der Waals surface area contributed by atoms with Crippen LogP contribution in [-0.2, 0) is 19.6 Å². The highest BCUT2D eigenvalue weighted by molar-refractivity contribution is 7.88. The number of carbonyl (C=O) groups excluding carboxylic acids is 3. The maximum atomic E-state index is 12.7. The van der Waals surface area contributed by atoms with Crippen LogP contribution in [0, 0.1) is 0 Å². The second-order valence-electron chi connectivity index (χ2n) is 6.93. The fourth-order valence-corrected chi connectivity index (χ4v) is 4.12. The molecule has 2 fully saturated rings. The zero-order chi connectivity index (χ0) is 19.5. The van der Waals surface area contributed by atoms with E-state index in [9.17, 15) is 22.8 Å². The molecule has 4 amide bonds. The Hall–Kier alpha value is -1.88. The minimum absolute atomic E-state index is 0.0271. The van der Waals surface area contributed by atoms with E-state index in [0.717, 1.165) is 17.0 Å². The molecule has 0 unspecified atom stereocenters. The van der Waals surface area contributed by atoms with Gasteiger partial charge in [0.05, 0.1) is 6.26 Å². The Morgan fingerprint density at radius 3 is 2.54 bits per heavy atom. The average Bonchev–Trinajstić information content (AvgIpc) is 2.55. The van der Waals surface area contributed by atoms with Crippen LogP contribution in [0.3, 0.4) is 0 Å². The molecule has 2 saturated heterocycles. The largest absolute Gasteiger partial charge is 0.354 e. The zero-order valence-electron chi connectivity index (χ0n) is 15.3. The fraction of sp³-hybridized carbons (Fsp3) is 0.800.